The van der Waals surface area contributed by atoms with Gasteiger partial charge in [0, 0.05) is 6.54 Å². The van der Waals surface area contributed by atoms with Crippen molar-refractivity contribution in [3.63, 3.8) is 0 Å². The summed E-state index contributed by atoms with van der Waals surface area (Å²) in [5, 5.41) is 3.14. The molecule has 1 aliphatic rings. The Bertz CT molecular complexity index is 564. The number of carbonyl (C=O) groups is 1. The van der Waals surface area contributed by atoms with Crippen LogP contribution in [-0.2, 0) is 24.4 Å². The Labute approximate surface area is 130 Å². The lowest BCUT2D eigenvalue weighted by atomic mass is 10.2. The molecule has 22 heavy (non-hydrogen) atoms. The molecule has 0 spiro atoms. The van der Waals surface area contributed by atoms with Crippen molar-refractivity contribution in [3.05, 3.63) is 29.8 Å². The van der Waals surface area contributed by atoms with Crippen molar-refractivity contribution in [3.8, 4) is 0 Å². The standard InChI is InChI=1S/C7H13NO3.C7H8O3S/c1-10-7(9)5-11-6-2-3-8-4-6;1-6-2-4-7(5-3-6)11(8,9)10/h6,8H,2-5H2,1H3;2-5H,1H3,(H,8,9,10)/t6-;/m1./s1. The summed E-state index contributed by atoms with van der Waals surface area (Å²) in [5.41, 5.74) is 0.956. The van der Waals surface area contributed by atoms with Gasteiger partial charge in [0.25, 0.3) is 10.1 Å². The van der Waals surface area contributed by atoms with Crippen LogP contribution in [0.4, 0.5) is 0 Å². The highest BCUT2D eigenvalue weighted by Gasteiger charge is 2.15. The van der Waals surface area contributed by atoms with Crippen LogP contribution in [0.3, 0.4) is 0 Å². The van der Waals surface area contributed by atoms with E-state index in [9.17, 15) is 13.2 Å². The van der Waals surface area contributed by atoms with Gasteiger partial charge in [0.2, 0.25) is 0 Å². The lowest BCUT2D eigenvalue weighted by Crippen LogP contribution is -2.21. The third-order valence-electron chi connectivity index (χ3n) is 3.00. The van der Waals surface area contributed by atoms with Gasteiger partial charge in [0.15, 0.2) is 0 Å². The Morgan fingerprint density at radius 2 is 2.00 bits per heavy atom. The summed E-state index contributed by atoms with van der Waals surface area (Å²) < 4.78 is 39.2. The van der Waals surface area contributed by atoms with Crippen LogP contribution in [0.15, 0.2) is 29.2 Å². The molecule has 0 bridgehead atoms. The number of methoxy groups -OCH3 is 1. The van der Waals surface area contributed by atoms with E-state index < -0.39 is 10.1 Å². The van der Waals surface area contributed by atoms with E-state index in [-0.39, 0.29) is 23.6 Å². The zero-order valence-electron chi connectivity index (χ0n) is 12.6. The van der Waals surface area contributed by atoms with Crippen LogP contribution >= 0.6 is 0 Å². The molecule has 7 nitrogen and oxygen atoms in total. The van der Waals surface area contributed by atoms with Crippen molar-refractivity contribution in [1.82, 2.24) is 5.32 Å². The molecule has 0 amide bonds. The topological polar surface area (TPSA) is 102 Å². The number of ether oxygens (including phenoxy) is 2. The quantitative estimate of drug-likeness (QED) is 0.621. The highest BCUT2D eigenvalue weighted by Crippen LogP contribution is 2.08. The van der Waals surface area contributed by atoms with E-state index in [1.807, 2.05) is 6.92 Å². The first-order chi connectivity index (χ1) is 10.3. The molecular weight excluding hydrogens is 310 g/mol. The molecule has 0 radical (unpaired) electrons. The average molecular weight is 331 g/mol. The fourth-order valence-electron chi connectivity index (χ4n) is 1.73. The van der Waals surface area contributed by atoms with Gasteiger partial charge in [-0.25, -0.2) is 4.79 Å². The predicted molar refractivity (Wildman–Crippen MR) is 80.2 cm³/mol. The molecule has 1 fully saturated rings. The second-order valence-electron chi connectivity index (χ2n) is 4.79. The lowest BCUT2D eigenvalue weighted by Gasteiger charge is -2.07. The molecule has 2 N–H and O–H groups in total. The summed E-state index contributed by atoms with van der Waals surface area (Å²) in [7, 11) is -2.66. The largest absolute Gasteiger partial charge is 0.467 e. The monoisotopic (exact) mass is 331 g/mol. The highest BCUT2D eigenvalue weighted by atomic mass is 32.2. The fraction of sp³-hybridized carbons (Fsp3) is 0.500. The van der Waals surface area contributed by atoms with E-state index >= 15 is 0 Å². The molecule has 1 aromatic carbocycles. The molecule has 1 aliphatic heterocycles. The van der Waals surface area contributed by atoms with Crippen LogP contribution < -0.4 is 5.32 Å². The van der Waals surface area contributed by atoms with Gasteiger partial charge in [-0.1, -0.05) is 17.7 Å². The summed E-state index contributed by atoms with van der Waals surface area (Å²) in [5.74, 6) is -0.308. The van der Waals surface area contributed by atoms with Crippen LogP contribution in [0, 0.1) is 6.92 Å². The molecule has 1 aromatic rings. The zero-order chi connectivity index (χ0) is 16.6. The number of esters is 1. The molecular formula is C14H21NO6S. The first kappa shape index (κ1) is 18.6. The van der Waals surface area contributed by atoms with Gasteiger partial charge in [0.05, 0.1) is 18.1 Å². The molecule has 0 saturated carbocycles. The molecule has 2 rings (SSSR count). The van der Waals surface area contributed by atoms with Gasteiger partial charge in [-0.2, -0.15) is 8.42 Å². The van der Waals surface area contributed by atoms with E-state index in [0.717, 1.165) is 25.1 Å². The normalized spacial score (nSPS) is 17.5. The number of hydrogen-bond donors (Lipinski definition) is 2. The van der Waals surface area contributed by atoms with Gasteiger partial charge in [-0.15, -0.1) is 0 Å². The Kier molecular flexibility index (Phi) is 7.46. The van der Waals surface area contributed by atoms with E-state index in [1.54, 1.807) is 12.1 Å². The number of benzene rings is 1. The van der Waals surface area contributed by atoms with Crippen molar-refractivity contribution in [2.45, 2.75) is 24.3 Å². The minimum Gasteiger partial charge on any atom is -0.467 e. The highest BCUT2D eigenvalue weighted by molar-refractivity contribution is 7.85. The number of hydrogen-bond acceptors (Lipinski definition) is 6. The first-order valence-corrected chi connectivity index (χ1v) is 8.20. The van der Waals surface area contributed by atoms with Crippen LogP contribution in [0.2, 0.25) is 0 Å². The molecule has 0 aromatic heterocycles. The predicted octanol–water partition coefficient (Wildman–Crippen LogP) is 0.780. The summed E-state index contributed by atoms with van der Waals surface area (Å²) in [6.45, 7) is 3.74. The van der Waals surface area contributed by atoms with Gasteiger partial charge in [-0.3, -0.25) is 4.55 Å². The second-order valence-corrected chi connectivity index (χ2v) is 6.21. The Morgan fingerprint density at radius 3 is 2.45 bits per heavy atom. The summed E-state index contributed by atoms with van der Waals surface area (Å²) in [6, 6.07) is 5.99. The average Bonchev–Trinajstić information content (AvgIpc) is 2.98. The molecule has 0 unspecified atom stereocenters. The Hall–Kier alpha value is -1.48. The molecule has 1 atom stereocenters. The van der Waals surface area contributed by atoms with Crippen molar-refractivity contribution in [2.75, 3.05) is 26.8 Å². The molecule has 1 saturated heterocycles. The van der Waals surface area contributed by atoms with Crippen LogP contribution in [0.5, 0.6) is 0 Å². The maximum absolute atomic E-state index is 10.6. The maximum atomic E-state index is 10.6. The molecule has 8 heteroatoms. The summed E-state index contributed by atoms with van der Waals surface area (Å²) in [6.07, 6.45) is 1.17. The Balaban J connectivity index is 0.000000220. The molecule has 1 heterocycles. The second kappa shape index (κ2) is 8.84. The summed E-state index contributed by atoms with van der Waals surface area (Å²) in [4.78, 5) is 10.5. The van der Waals surface area contributed by atoms with E-state index in [0.29, 0.717) is 0 Å². The van der Waals surface area contributed by atoms with Crippen molar-refractivity contribution in [1.29, 1.82) is 0 Å². The summed E-state index contributed by atoms with van der Waals surface area (Å²) >= 11 is 0. The Morgan fingerprint density at radius 1 is 1.36 bits per heavy atom. The van der Waals surface area contributed by atoms with Crippen LogP contribution in [0.25, 0.3) is 0 Å². The number of rotatable bonds is 4. The minimum atomic E-state index is -4.02. The first-order valence-electron chi connectivity index (χ1n) is 6.76. The van der Waals surface area contributed by atoms with Gasteiger partial charge >= 0.3 is 5.97 Å². The fourth-order valence-corrected chi connectivity index (χ4v) is 2.21. The number of nitrogens with one attached hydrogen (secondary N) is 1. The third-order valence-corrected chi connectivity index (χ3v) is 3.87. The van der Waals surface area contributed by atoms with Gasteiger partial charge < -0.3 is 14.8 Å². The van der Waals surface area contributed by atoms with Crippen molar-refractivity contribution >= 4 is 16.1 Å². The van der Waals surface area contributed by atoms with Crippen LogP contribution in [-0.4, -0.2) is 51.9 Å². The maximum Gasteiger partial charge on any atom is 0.331 e. The number of aryl methyl sites for hydroxylation is 1. The molecule has 124 valence electrons. The van der Waals surface area contributed by atoms with Crippen molar-refractivity contribution < 1.29 is 27.2 Å². The van der Waals surface area contributed by atoms with E-state index in [2.05, 4.69) is 10.1 Å². The number of carbonyl (C=O) groups excluding carboxylic acids is 1. The lowest BCUT2D eigenvalue weighted by molar-refractivity contribution is -0.147. The van der Waals surface area contributed by atoms with Crippen LogP contribution in [0.1, 0.15) is 12.0 Å². The minimum absolute atomic E-state index is 0.0666. The van der Waals surface area contributed by atoms with Gasteiger partial charge in [0.1, 0.15) is 6.61 Å². The van der Waals surface area contributed by atoms with E-state index in [4.69, 9.17) is 9.29 Å². The van der Waals surface area contributed by atoms with Crippen molar-refractivity contribution in [2.24, 2.45) is 0 Å². The van der Waals surface area contributed by atoms with E-state index in [1.165, 1.54) is 19.2 Å². The third kappa shape index (κ3) is 6.99. The zero-order valence-corrected chi connectivity index (χ0v) is 13.4. The van der Waals surface area contributed by atoms with Gasteiger partial charge in [-0.05, 0) is 32.0 Å². The SMILES string of the molecule is COC(=O)CO[C@@H]1CCNC1.Cc1ccc(S(=O)(=O)O)cc1. The smallest absolute Gasteiger partial charge is 0.331 e. The molecule has 0 aliphatic carbocycles.